The Hall–Kier alpha value is -1.06. The average molecular weight is 250 g/mol. The van der Waals surface area contributed by atoms with Crippen LogP contribution in [0.1, 0.15) is 32.6 Å². The van der Waals surface area contributed by atoms with Crippen LogP contribution in [-0.4, -0.2) is 47.8 Å². The second-order valence-electron chi connectivity index (χ2n) is 6.11. The Morgan fingerprint density at radius 3 is 2.17 bits per heavy atom. The van der Waals surface area contributed by atoms with E-state index in [9.17, 15) is 9.59 Å². The van der Waals surface area contributed by atoms with Crippen LogP contribution in [0, 0.1) is 17.8 Å². The second kappa shape index (κ2) is 4.56. The van der Waals surface area contributed by atoms with Crippen molar-refractivity contribution in [3.05, 3.63) is 0 Å². The van der Waals surface area contributed by atoms with Gasteiger partial charge in [0.25, 0.3) is 0 Å². The monoisotopic (exact) mass is 250 g/mol. The van der Waals surface area contributed by atoms with Gasteiger partial charge in [0.1, 0.15) is 0 Å². The van der Waals surface area contributed by atoms with Crippen molar-refractivity contribution in [3.63, 3.8) is 0 Å². The fourth-order valence-corrected chi connectivity index (χ4v) is 3.63. The van der Waals surface area contributed by atoms with Gasteiger partial charge in [-0.1, -0.05) is 0 Å². The van der Waals surface area contributed by atoms with E-state index in [0.717, 1.165) is 50.7 Å². The van der Waals surface area contributed by atoms with E-state index in [2.05, 4.69) is 0 Å². The molecule has 0 aromatic rings. The van der Waals surface area contributed by atoms with Crippen molar-refractivity contribution in [1.82, 2.24) is 9.80 Å². The molecule has 3 fully saturated rings. The Kier molecular flexibility index (Phi) is 3.04. The molecule has 2 aliphatic carbocycles. The third-order valence-corrected chi connectivity index (χ3v) is 4.85. The molecule has 0 aromatic carbocycles. The summed E-state index contributed by atoms with van der Waals surface area (Å²) < 4.78 is 0. The highest BCUT2D eigenvalue weighted by Crippen LogP contribution is 2.54. The Bertz CT molecular complexity index is 359. The van der Waals surface area contributed by atoms with Crippen LogP contribution in [0.4, 0.5) is 0 Å². The third kappa shape index (κ3) is 2.25. The van der Waals surface area contributed by atoms with Gasteiger partial charge in [0.2, 0.25) is 11.8 Å². The first-order valence-corrected chi connectivity index (χ1v) is 7.19. The second-order valence-corrected chi connectivity index (χ2v) is 6.11. The molecule has 2 amide bonds. The van der Waals surface area contributed by atoms with Gasteiger partial charge < -0.3 is 9.80 Å². The highest BCUT2D eigenvalue weighted by molar-refractivity contribution is 5.79. The number of carbonyl (C=O) groups excluding carboxylic acids is 2. The number of rotatable bonds is 1. The van der Waals surface area contributed by atoms with Crippen molar-refractivity contribution < 1.29 is 9.59 Å². The predicted molar refractivity (Wildman–Crippen MR) is 67.8 cm³/mol. The van der Waals surface area contributed by atoms with E-state index in [1.165, 1.54) is 6.42 Å². The van der Waals surface area contributed by atoms with Gasteiger partial charge >= 0.3 is 0 Å². The molecule has 0 spiro atoms. The van der Waals surface area contributed by atoms with Gasteiger partial charge in [0.05, 0.1) is 0 Å². The van der Waals surface area contributed by atoms with Gasteiger partial charge in [0, 0.05) is 39.0 Å². The molecule has 1 saturated heterocycles. The van der Waals surface area contributed by atoms with E-state index < -0.39 is 0 Å². The van der Waals surface area contributed by atoms with Crippen LogP contribution in [0.3, 0.4) is 0 Å². The molecular formula is C14H22N2O2. The van der Waals surface area contributed by atoms with Crippen molar-refractivity contribution in [2.45, 2.75) is 32.6 Å². The lowest BCUT2D eigenvalue weighted by molar-refractivity contribution is -0.136. The van der Waals surface area contributed by atoms with Gasteiger partial charge in [0.15, 0.2) is 0 Å². The standard InChI is InChI=1S/C14H22N2O2/c1-10(17)15-3-2-4-16(6-5-15)14(18)13-8-11-7-12(11)9-13/h11-13H,2-9H2,1H3. The average Bonchev–Trinajstić information content (AvgIpc) is 3.04. The molecule has 18 heavy (non-hydrogen) atoms. The molecule has 2 saturated carbocycles. The fourth-order valence-electron chi connectivity index (χ4n) is 3.63. The van der Waals surface area contributed by atoms with Crippen LogP contribution >= 0.6 is 0 Å². The molecule has 3 aliphatic rings. The minimum absolute atomic E-state index is 0.131. The summed E-state index contributed by atoms with van der Waals surface area (Å²) >= 11 is 0. The lowest BCUT2D eigenvalue weighted by atomic mass is 10.0. The zero-order valence-electron chi connectivity index (χ0n) is 11.1. The first-order chi connectivity index (χ1) is 8.65. The van der Waals surface area contributed by atoms with E-state index in [0.29, 0.717) is 12.5 Å². The van der Waals surface area contributed by atoms with Crippen LogP contribution in [0.5, 0.6) is 0 Å². The van der Waals surface area contributed by atoms with E-state index in [-0.39, 0.29) is 11.8 Å². The Morgan fingerprint density at radius 2 is 1.50 bits per heavy atom. The molecule has 1 aliphatic heterocycles. The van der Waals surface area contributed by atoms with Crippen LogP contribution in [0.2, 0.25) is 0 Å². The summed E-state index contributed by atoms with van der Waals surface area (Å²) in [6, 6.07) is 0. The lowest BCUT2D eigenvalue weighted by Gasteiger charge is -2.25. The first kappa shape index (κ1) is 12.0. The number of hydrogen-bond donors (Lipinski definition) is 0. The van der Waals surface area contributed by atoms with E-state index in [4.69, 9.17) is 0 Å². The molecule has 0 bridgehead atoms. The normalized spacial score (nSPS) is 35.1. The van der Waals surface area contributed by atoms with Crippen LogP contribution < -0.4 is 0 Å². The maximum atomic E-state index is 12.4. The fraction of sp³-hybridized carbons (Fsp3) is 0.857. The van der Waals surface area contributed by atoms with Crippen LogP contribution in [0.15, 0.2) is 0 Å². The predicted octanol–water partition coefficient (Wildman–Crippen LogP) is 1.11. The minimum atomic E-state index is 0.131. The van der Waals surface area contributed by atoms with Crippen molar-refractivity contribution in [3.8, 4) is 0 Å². The number of fused-ring (bicyclic) bond motifs is 1. The van der Waals surface area contributed by atoms with Crippen LogP contribution in [0.25, 0.3) is 0 Å². The van der Waals surface area contributed by atoms with E-state index in [1.807, 2.05) is 9.80 Å². The van der Waals surface area contributed by atoms with Gasteiger partial charge in [-0.3, -0.25) is 9.59 Å². The summed E-state index contributed by atoms with van der Waals surface area (Å²) in [4.78, 5) is 27.6. The Balaban J connectivity index is 1.55. The van der Waals surface area contributed by atoms with Crippen LogP contribution in [-0.2, 0) is 9.59 Å². The minimum Gasteiger partial charge on any atom is -0.341 e. The number of amides is 2. The Morgan fingerprint density at radius 1 is 0.889 bits per heavy atom. The van der Waals surface area contributed by atoms with Gasteiger partial charge in [-0.15, -0.1) is 0 Å². The summed E-state index contributed by atoms with van der Waals surface area (Å²) in [5, 5.41) is 0. The molecule has 4 heteroatoms. The van der Waals surface area contributed by atoms with Crippen molar-refractivity contribution in [1.29, 1.82) is 0 Å². The maximum absolute atomic E-state index is 12.4. The van der Waals surface area contributed by atoms with Crippen molar-refractivity contribution in [2.75, 3.05) is 26.2 Å². The first-order valence-electron chi connectivity index (χ1n) is 7.19. The van der Waals surface area contributed by atoms with Gasteiger partial charge in [-0.05, 0) is 37.5 Å². The molecule has 100 valence electrons. The number of hydrogen-bond acceptors (Lipinski definition) is 2. The highest BCUT2D eigenvalue weighted by atomic mass is 16.2. The lowest BCUT2D eigenvalue weighted by Crippen LogP contribution is -2.39. The largest absolute Gasteiger partial charge is 0.341 e. The zero-order chi connectivity index (χ0) is 12.7. The van der Waals surface area contributed by atoms with Gasteiger partial charge in [-0.2, -0.15) is 0 Å². The van der Waals surface area contributed by atoms with Gasteiger partial charge in [-0.25, -0.2) is 0 Å². The van der Waals surface area contributed by atoms with E-state index in [1.54, 1.807) is 6.92 Å². The molecule has 2 unspecified atom stereocenters. The maximum Gasteiger partial charge on any atom is 0.225 e. The third-order valence-electron chi connectivity index (χ3n) is 4.85. The topological polar surface area (TPSA) is 40.6 Å². The summed E-state index contributed by atoms with van der Waals surface area (Å²) in [6.45, 7) is 4.68. The zero-order valence-corrected chi connectivity index (χ0v) is 11.1. The molecule has 1 heterocycles. The van der Waals surface area contributed by atoms with Crippen molar-refractivity contribution >= 4 is 11.8 Å². The summed E-state index contributed by atoms with van der Waals surface area (Å²) in [6.07, 6.45) is 4.53. The molecule has 0 radical (unpaired) electrons. The molecule has 4 nitrogen and oxygen atoms in total. The summed E-state index contributed by atoms with van der Waals surface area (Å²) in [5.74, 6) is 2.50. The molecule has 0 aromatic heterocycles. The quantitative estimate of drug-likeness (QED) is 0.699. The smallest absolute Gasteiger partial charge is 0.225 e. The summed E-state index contributed by atoms with van der Waals surface area (Å²) in [7, 11) is 0. The number of nitrogens with zero attached hydrogens (tertiary/aromatic N) is 2. The highest BCUT2D eigenvalue weighted by Gasteiger charge is 2.48. The molecular weight excluding hydrogens is 228 g/mol. The molecule has 3 rings (SSSR count). The van der Waals surface area contributed by atoms with Crippen molar-refractivity contribution in [2.24, 2.45) is 17.8 Å². The van der Waals surface area contributed by atoms with E-state index >= 15 is 0 Å². The summed E-state index contributed by atoms with van der Waals surface area (Å²) in [5.41, 5.74) is 0. The molecule has 0 N–H and O–H groups in total. The Labute approximate surface area is 108 Å². The SMILES string of the molecule is CC(=O)N1CCCN(C(=O)C2CC3CC3C2)CC1. The number of carbonyl (C=O) groups is 2. The molecule has 2 atom stereocenters.